The topological polar surface area (TPSA) is 88.0 Å². The molecule has 0 aliphatic carbocycles. The summed E-state index contributed by atoms with van der Waals surface area (Å²) in [5.74, 6) is 0. The fourth-order valence-corrected chi connectivity index (χ4v) is 3.36. The molecule has 8 nitrogen and oxygen atoms in total. The van der Waals surface area contributed by atoms with Gasteiger partial charge in [-0.25, -0.2) is 4.79 Å². The smallest absolute Gasteiger partial charge is 0.321 e. The Morgan fingerprint density at radius 2 is 2.12 bits per heavy atom. The van der Waals surface area contributed by atoms with Gasteiger partial charge in [-0.15, -0.1) is 0 Å². The number of ether oxygens (including phenoxy) is 1. The van der Waals surface area contributed by atoms with Gasteiger partial charge in [-0.05, 0) is 25.8 Å². The molecule has 0 spiro atoms. The molecular weight excluding hydrogens is 324 g/mol. The lowest BCUT2D eigenvalue weighted by Crippen LogP contribution is -2.51. The van der Waals surface area contributed by atoms with Crippen molar-refractivity contribution in [2.45, 2.75) is 25.9 Å². The fourth-order valence-electron chi connectivity index (χ4n) is 3.36. The maximum absolute atomic E-state index is 12.5. The van der Waals surface area contributed by atoms with Crippen molar-refractivity contribution >= 4 is 17.4 Å². The molecule has 1 N–H and O–H groups in total. The van der Waals surface area contributed by atoms with Crippen molar-refractivity contribution in [2.75, 3.05) is 44.6 Å². The van der Waals surface area contributed by atoms with Crippen molar-refractivity contribution in [1.82, 2.24) is 9.80 Å². The third-order valence-corrected chi connectivity index (χ3v) is 4.89. The van der Waals surface area contributed by atoms with Gasteiger partial charge in [0.25, 0.3) is 5.69 Å². The minimum absolute atomic E-state index is 0.0131. The number of nitrogens with zero attached hydrogens (tertiary/aromatic N) is 3. The molecule has 0 radical (unpaired) electrons. The second-order valence-corrected chi connectivity index (χ2v) is 6.56. The molecule has 2 saturated heterocycles. The summed E-state index contributed by atoms with van der Waals surface area (Å²) in [6.07, 6.45) is 2.58. The van der Waals surface area contributed by atoms with Gasteiger partial charge in [0.05, 0.1) is 22.3 Å². The molecule has 136 valence electrons. The predicted octanol–water partition coefficient (Wildman–Crippen LogP) is 2.23. The summed E-state index contributed by atoms with van der Waals surface area (Å²) in [6, 6.07) is 4.50. The van der Waals surface area contributed by atoms with Crippen LogP contribution >= 0.6 is 0 Å². The van der Waals surface area contributed by atoms with Crippen molar-refractivity contribution in [2.24, 2.45) is 0 Å². The van der Waals surface area contributed by atoms with Crippen LogP contribution in [0.3, 0.4) is 0 Å². The number of nitro benzene ring substituents is 1. The van der Waals surface area contributed by atoms with Crippen LogP contribution in [0.1, 0.15) is 18.4 Å². The van der Waals surface area contributed by atoms with Gasteiger partial charge in [0.2, 0.25) is 0 Å². The van der Waals surface area contributed by atoms with Gasteiger partial charge in [0.1, 0.15) is 0 Å². The Morgan fingerprint density at radius 3 is 2.76 bits per heavy atom. The highest BCUT2D eigenvalue weighted by Gasteiger charge is 2.25. The van der Waals surface area contributed by atoms with Crippen LogP contribution < -0.4 is 5.32 Å². The molecule has 1 aromatic rings. The van der Waals surface area contributed by atoms with E-state index in [4.69, 9.17) is 4.74 Å². The van der Waals surface area contributed by atoms with Crippen LogP contribution in [-0.2, 0) is 4.74 Å². The average Bonchev–Trinajstić information content (AvgIpc) is 3.10. The standard InChI is InChI=1S/C17H24N4O4/c1-13-15(5-2-6-16(13)21(23)24)18-17(22)20-9-7-19(8-10-20)12-14-4-3-11-25-14/h2,5-6,14H,3-4,7-12H2,1H3,(H,18,22)/t14-/m0/s1. The summed E-state index contributed by atoms with van der Waals surface area (Å²) >= 11 is 0. The minimum Gasteiger partial charge on any atom is -0.377 e. The van der Waals surface area contributed by atoms with Crippen LogP contribution in [0, 0.1) is 17.0 Å². The molecule has 0 saturated carbocycles. The average molecular weight is 348 g/mol. The van der Waals surface area contributed by atoms with Gasteiger partial charge in [-0.3, -0.25) is 15.0 Å². The molecule has 8 heteroatoms. The highest BCUT2D eigenvalue weighted by atomic mass is 16.6. The first kappa shape index (κ1) is 17.6. The van der Waals surface area contributed by atoms with E-state index in [-0.39, 0.29) is 11.7 Å². The zero-order valence-electron chi connectivity index (χ0n) is 14.4. The summed E-state index contributed by atoms with van der Waals surface area (Å²) in [5.41, 5.74) is 0.970. The van der Waals surface area contributed by atoms with E-state index in [1.165, 1.54) is 6.07 Å². The molecule has 0 aromatic heterocycles. The Bertz CT molecular complexity index is 638. The number of hydrogen-bond donors (Lipinski definition) is 1. The first-order valence-corrected chi connectivity index (χ1v) is 8.68. The number of nitro groups is 1. The SMILES string of the molecule is Cc1c(NC(=O)N2CCN(C[C@@H]3CCCO3)CC2)cccc1[N+](=O)[O-]. The van der Waals surface area contributed by atoms with Crippen molar-refractivity contribution < 1.29 is 14.5 Å². The number of anilines is 1. The van der Waals surface area contributed by atoms with Crippen molar-refractivity contribution in [1.29, 1.82) is 0 Å². The second kappa shape index (κ2) is 7.79. The first-order valence-electron chi connectivity index (χ1n) is 8.68. The van der Waals surface area contributed by atoms with Crippen LogP contribution in [0.4, 0.5) is 16.2 Å². The van der Waals surface area contributed by atoms with Crippen LogP contribution in [0.5, 0.6) is 0 Å². The van der Waals surface area contributed by atoms with Crippen molar-refractivity contribution in [3.63, 3.8) is 0 Å². The monoisotopic (exact) mass is 348 g/mol. The zero-order valence-corrected chi connectivity index (χ0v) is 14.4. The molecular formula is C17H24N4O4. The van der Waals surface area contributed by atoms with Gasteiger partial charge in [0, 0.05) is 45.4 Å². The van der Waals surface area contributed by atoms with Crippen molar-refractivity contribution in [3.05, 3.63) is 33.9 Å². The molecule has 1 aromatic carbocycles. The van der Waals surface area contributed by atoms with E-state index in [2.05, 4.69) is 10.2 Å². The largest absolute Gasteiger partial charge is 0.377 e. The number of amides is 2. The first-order chi connectivity index (χ1) is 12.0. The maximum Gasteiger partial charge on any atom is 0.321 e. The lowest BCUT2D eigenvalue weighted by molar-refractivity contribution is -0.385. The van der Waals surface area contributed by atoms with Crippen molar-refractivity contribution in [3.8, 4) is 0 Å². The van der Waals surface area contributed by atoms with Crippen LogP contribution in [0.25, 0.3) is 0 Å². The molecule has 2 fully saturated rings. The third-order valence-electron chi connectivity index (χ3n) is 4.89. The summed E-state index contributed by atoms with van der Waals surface area (Å²) in [7, 11) is 0. The Kier molecular flexibility index (Phi) is 5.50. The number of hydrogen-bond acceptors (Lipinski definition) is 5. The number of carbonyl (C=O) groups excluding carboxylic acids is 1. The summed E-state index contributed by atoms with van der Waals surface area (Å²) in [4.78, 5) is 27.1. The predicted molar refractivity (Wildman–Crippen MR) is 93.8 cm³/mol. The Hall–Kier alpha value is -2.19. The fraction of sp³-hybridized carbons (Fsp3) is 0.588. The molecule has 0 bridgehead atoms. The normalized spacial score (nSPS) is 21.3. The summed E-state index contributed by atoms with van der Waals surface area (Å²) in [5, 5.41) is 13.8. The number of rotatable bonds is 4. The van der Waals surface area contributed by atoms with Gasteiger partial charge in [-0.1, -0.05) is 6.07 Å². The summed E-state index contributed by atoms with van der Waals surface area (Å²) in [6.45, 7) is 6.36. The van der Waals surface area contributed by atoms with E-state index in [1.54, 1.807) is 24.0 Å². The highest BCUT2D eigenvalue weighted by Crippen LogP contribution is 2.25. The maximum atomic E-state index is 12.5. The van der Waals surface area contributed by atoms with Crippen LogP contribution in [0.2, 0.25) is 0 Å². The van der Waals surface area contributed by atoms with E-state index >= 15 is 0 Å². The molecule has 2 amide bonds. The van der Waals surface area contributed by atoms with E-state index < -0.39 is 4.92 Å². The van der Waals surface area contributed by atoms with Gasteiger partial charge >= 0.3 is 6.03 Å². The van der Waals surface area contributed by atoms with Gasteiger partial charge in [0.15, 0.2) is 0 Å². The Balaban J connectivity index is 1.53. The molecule has 2 aliphatic rings. The second-order valence-electron chi connectivity index (χ2n) is 6.56. The molecule has 3 rings (SSSR count). The van der Waals surface area contributed by atoms with E-state index in [0.717, 1.165) is 39.1 Å². The zero-order chi connectivity index (χ0) is 17.8. The quantitative estimate of drug-likeness (QED) is 0.666. The number of piperazine rings is 1. The lowest BCUT2D eigenvalue weighted by atomic mass is 10.1. The van der Waals surface area contributed by atoms with Gasteiger partial charge < -0.3 is 15.0 Å². The highest BCUT2D eigenvalue weighted by molar-refractivity contribution is 5.90. The summed E-state index contributed by atoms with van der Waals surface area (Å²) < 4.78 is 5.66. The lowest BCUT2D eigenvalue weighted by Gasteiger charge is -2.35. The molecule has 1 atom stereocenters. The molecule has 0 unspecified atom stereocenters. The number of urea groups is 1. The third kappa shape index (κ3) is 4.26. The number of nitrogens with one attached hydrogen (secondary N) is 1. The van der Waals surface area contributed by atoms with Crippen LogP contribution in [0.15, 0.2) is 18.2 Å². The van der Waals surface area contributed by atoms with E-state index in [1.807, 2.05) is 0 Å². The van der Waals surface area contributed by atoms with E-state index in [9.17, 15) is 14.9 Å². The Labute approximate surface area is 146 Å². The molecule has 2 aliphatic heterocycles. The molecule has 25 heavy (non-hydrogen) atoms. The Morgan fingerprint density at radius 1 is 1.36 bits per heavy atom. The minimum atomic E-state index is -0.436. The van der Waals surface area contributed by atoms with Gasteiger partial charge in [-0.2, -0.15) is 0 Å². The number of carbonyl (C=O) groups is 1. The number of benzene rings is 1. The van der Waals surface area contributed by atoms with Crippen LogP contribution in [-0.4, -0.2) is 66.2 Å². The van der Waals surface area contributed by atoms with E-state index in [0.29, 0.717) is 30.4 Å². The molecule has 2 heterocycles.